The van der Waals surface area contributed by atoms with Crippen molar-refractivity contribution in [3.8, 4) is 5.88 Å². The number of nitrogens with one attached hydrogen (secondary N) is 1. The highest BCUT2D eigenvalue weighted by Gasteiger charge is 2.27. The van der Waals surface area contributed by atoms with E-state index in [1.54, 1.807) is 10.7 Å². The zero-order valence-electron chi connectivity index (χ0n) is 13.3. The van der Waals surface area contributed by atoms with Crippen LogP contribution in [0.15, 0.2) is 35.4 Å². The van der Waals surface area contributed by atoms with Gasteiger partial charge in [0.25, 0.3) is 10.0 Å². The Balaban J connectivity index is 1.60. The topological polar surface area (TPSA) is 76.5 Å². The summed E-state index contributed by atoms with van der Waals surface area (Å²) in [4.78, 5) is 2.36. The maximum atomic E-state index is 12.7. The highest BCUT2D eigenvalue weighted by molar-refractivity contribution is 7.92. The molecule has 3 heterocycles. The molecule has 1 N–H and O–H groups in total. The Morgan fingerprint density at radius 1 is 1.12 bits per heavy atom. The van der Waals surface area contributed by atoms with Crippen LogP contribution in [0.1, 0.15) is 19.3 Å². The zero-order chi connectivity index (χ0) is 16.6. The van der Waals surface area contributed by atoms with Gasteiger partial charge in [0.05, 0.1) is 18.5 Å². The van der Waals surface area contributed by atoms with Crippen molar-refractivity contribution in [3.63, 3.8) is 0 Å². The number of nitrogens with zero attached hydrogens (tertiary/aromatic N) is 3. The fraction of sp³-hybridized carbons (Fsp3) is 0.438. The van der Waals surface area contributed by atoms with Crippen LogP contribution in [0.5, 0.6) is 5.88 Å². The Morgan fingerprint density at radius 3 is 2.79 bits per heavy atom. The summed E-state index contributed by atoms with van der Waals surface area (Å²) in [5.41, 5.74) is 1.59. The molecule has 7 nitrogen and oxygen atoms in total. The number of anilines is 2. The lowest BCUT2D eigenvalue weighted by atomic mass is 10.2. The van der Waals surface area contributed by atoms with Crippen LogP contribution in [0, 0.1) is 0 Å². The van der Waals surface area contributed by atoms with Crippen molar-refractivity contribution < 1.29 is 13.2 Å². The van der Waals surface area contributed by atoms with E-state index in [0.29, 0.717) is 24.7 Å². The summed E-state index contributed by atoms with van der Waals surface area (Å²) < 4.78 is 35.2. The number of aryl methyl sites for hydroxylation is 1. The van der Waals surface area contributed by atoms with Crippen LogP contribution in [-0.4, -0.2) is 37.9 Å². The number of ether oxygens (including phenoxy) is 1. The van der Waals surface area contributed by atoms with Crippen LogP contribution in [0.3, 0.4) is 0 Å². The molecule has 128 valence electrons. The minimum atomic E-state index is -3.73. The number of sulfonamides is 1. The van der Waals surface area contributed by atoms with Gasteiger partial charge >= 0.3 is 0 Å². The predicted molar refractivity (Wildman–Crippen MR) is 91.0 cm³/mol. The maximum absolute atomic E-state index is 12.7. The summed E-state index contributed by atoms with van der Waals surface area (Å²) >= 11 is 0. The van der Waals surface area contributed by atoms with E-state index in [1.807, 2.05) is 18.2 Å². The summed E-state index contributed by atoms with van der Waals surface area (Å²) in [7, 11) is -3.73. The molecule has 1 aromatic carbocycles. The number of fused-ring (bicyclic) bond motifs is 1. The smallest absolute Gasteiger partial charge is 0.268 e. The minimum absolute atomic E-state index is 0.0915. The van der Waals surface area contributed by atoms with Gasteiger partial charge < -0.3 is 9.64 Å². The molecule has 24 heavy (non-hydrogen) atoms. The maximum Gasteiger partial charge on any atom is 0.268 e. The van der Waals surface area contributed by atoms with Crippen molar-refractivity contribution in [3.05, 3.63) is 30.5 Å². The quantitative estimate of drug-likeness (QED) is 0.915. The molecular weight excluding hydrogens is 328 g/mol. The number of aromatic nitrogens is 2. The highest BCUT2D eigenvalue weighted by atomic mass is 32.2. The van der Waals surface area contributed by atoms with Crippen molar-refractivity contribution >= 4 is 21.4 Å². The average Bonchev–Trinajstić information content (AvgIpc) is 3.25. The second-order valence-electron chi connectivity index (χ2n) is 6.09. The Hall–Kier alpha value is -2.22. The van der Waals surface area contributed by atoms with Crippen molar-refractivity contribution in [2.75, 3.05) is 29.3 Å². The van der Waals surface area contributed by atoms with E-state index < -0.39 is 10.0 Å². The number of hydrogen-bond acceptors (Lipinski definition) is 5. The summed E-state index contributed by atoms with van der Waals surface area (Å²) in [6.07, 6.45) is 4.54. The zero-order valence-corrected chi connectivity index (χ0v) is 14.1. The third kappa shape index (κ3) is 2.82. The number of benzene rings is 1. The summed E-state index contributed by atoms with van der Waals surface area (Å²) in [5, 5.41) is 4.11. The summed E-state index contributed by atoms with van der Waals surface area (Å²) in [5.74, 6) is 0.324. The lowest BCUT2D eigenvalue weighted by Gasteiger charge is -2.19. The lowest BCUT2D eigenvalue weighted by molar-refractivity contribution is 0.224. The van der Waals surface area contributed by atoms with Gasteiger partial charge in [-0.05, 0) is 31.0 Å². The second-order valence-corrected chi connectivity index (χ2v) is 7.74. The van der Waals surface area contributed by atoms with Gasteiger partial charge in [0.15, 0.2) is 4.90 Å². The first-order valence-corrected chi connectivity index (χ1v) is 9.68. The van der Waals surface area contributed by atoms with Gasteiger partial charge in [-0.2, -0.15) is 5.10 Å². The Bertz CT molecular complexity index is 841. The van der Waals surface area contributed by atoms with Gasteiger partial charge in [0.1, 0.15) is 0 Å². The van der Waals surface area contributed by atoms with Crippen molar-refractivity contribution in [1.82, 2.24) is 9.78 Å². The lowest BCUT2D eigenvalue weighted by Crippen LogP contribution is -2.19. The first kappa shape index (κ1) is 15.3. The molecule has 0 atom stereocenters. The Labute approximate surface area is 141 Å². The average molecular weight is 348 g/mol. The largest absolute Gasteiger partial charge is 0.477 e. The monoisotopic (exact) mass is 348 g/mol. The molecule has 0 amide bonds. The van der Waals surface area contributed by atoms with Crippen LogP contribution < -0.4 is 14.4 Å². The molecule has 2 aromatic rings. The summed E-state index contributed by atoms with van der Waals surface area (Å²) in [6, 6.07) is 7.51. The molecule has 0 spiro atoms. The molecule has 1 fully saturated rings. The van der Waals surface area contributed by atoms with Gasteiger partial charge in [-0.3, -0.25) is 4.72 Å². The molecule has 4 rings (SSSR count). The van der Waals surface area contributed by atoms with Crippen molar-refractivity contribution in [2.24, 2.45) is 0 Å². The third-order valence-corrected chi connectivity index (χ3v) is 5.74. The van der Waals surface area contributed by atoms with Crippen molar-refractivity contribution in [2.45, 2.75) is 30.7 Å². The standard InChI is InChI=1S/C16H20N4O3S/c21-24(22,15-12-17-20-9-4-10-23-16(15)20)18-13-5-3-6-14(11-13)19-7-1-2-8-19/h3,5-6,11-12,18H,1-2,4,7-10H2. The normalized spacial score (nSPS) is 17.4. The summed E-state index contributed by atoms with van der Waals surface area (Å²) in [6.45, 7) is 3.22. The van der Waals surface area contributed by atoms with Gasteiger partial charge in [-0.1, -0.05) is 6.07 Å². The Kier molecular flexibility index (Phi) is 3.84. The molecule has 0 radical (unpaired) electrons. The fourth-order valence-corrected chi connectivity index (χ4v) is 4.31. The van der Waals surface area contributed by atoms with Crippen LogP contribution >= 0.6 is 0 Å². The van der Waals surface area contributed by atoms with E-state index in [0.717, 1.165) is 25.2 Å². The molecule has 1 aromatic heterocycles. The third-order valence-electron chi connectivity index (χ3n) is 4.37. The van der Waals surface area contributed by atoms with Gasteiger partial charge in [0, 0.05) is 31.7 Å². The van der Waals surface area contributed by atoms with E-state index in [-0.39, 0.29) is 4.90 Å². The molecule has 2 aliphatic heterocycles. The molecule has 0 saturated carbocycles. The Morgan fingerprint density at radius 2 is 1.96 bits per heavy atom. The second kappa shape index (κ2) is 6.01. The first-order valence-electron chi connectivity index (χ1n) is 8.20. The molecule has 8 heteroatoms. The van der Waals surface area contributed by atoms with Crippen LogP contribution in [0.2, 0.25) is 0 Å². The number of rotatable bonds is 4. The van der Waals surface area contributed by atoms with Gasteiger partial charge in [0.2, 0.25) is 5.88 Å². The molecule has 2 aliphatic rings. The SMILES string of the molecule is O=S(=O)(Nc1cccc(N2CCCC2)c1)c1cnn2c1OCCC2. The van der Waals surface area contributed by atoms with E-state index in [1.165, 1.54) is 19.0 Å². The van der Waals surface area contributed by atoms with Gasteiger partial charge in [-0.15, -0.1) is 0 Å². The molecule has 1 saturated heterocycles. The predicted octanol–water partition coefficient (Wildman–Crippen LogP) is 2.07. The minimum Gasteiger partial charge on any atom is -0.477 e. The molecule has 0 unspecified atom stereocenters. The van der Waals surface area contributed by atoms with E-state index in [4.69, 9.17) is 4.74 Å². The molecular formula is C16H20N4O3S. The fourth-order valence-electron chi connectivity index (χ4n) is 3.18. The van der Waals surface area contributed by atoms with Crippen LogP contribution in [0.4, 0.5) is 11.4 Å². The van der Waals surface area contributed by atoms with E-state index in [2.05, 4.69) is 14.7 Å². The van der Waals surface area contributed by atoms with Crippen LogP contribution in [0.25, 0.3) is 0 Å². The van der Waals surface area contributed by atoms with E-state index >= 15 is 0 Å². The van der Waals surface area contributed by atoms with Crippen molar-refractivity contribution in [1.29, 1.82) is 0 Å². The van der Waals surface area contributed by atoms with Gasteiger partial charge in [-0.25, -0.2) is 13.1 Å². The molecule has 0 bridgehead atoms. The van der Waals surface area contributed by atoms with E-state index in [9.17, 15) is 8.42 Å². The number of hydrogen-bond donors (Lipinski definition) is 1. The molecule has 0 aliphatic carbocycles. The van der Waals surface area contributed by atoms with Crippen LogP contribution in [-0.2, 0) is 16.6 Å². The first-order chi connectivity index (χ1) is 11.6. The highest BCUT2D eigenvalue weighted by Crippen LogP contribution is 2.29.